The van der Waals surface area contributed by atoms with Crippen molar-refractivity contribution in [2.75, 3.05) is 7.11 Å². The maximum absolute atomic E-state index is 9.99. The van der Waals surface area contributed by atoms with Crippen LogP contribution in [-0.4, -0.2) is 22.0 Å². The molecule has 0 atom stereocenters. The highest BCUT2D eigenvalue weighted by molar-refractivity contribution is 5.67. The molecule has 0 amide bonds. The molecule has 0 aliphatic carbocycles. The lowest BCUT2D eigenvalue weighted by Crippen LogP contribution is -2.23. The predicted molar refractivity (Wildman–Crippen MR) is 70.9 cm³/mol. The van der Waals surface area contributed by atoms with E-state index in [9.17, 15) is 5.11 Å². The molecule has 1 heterocycles. The lowest BCUT2D eigenvalue weighted by Gasteiger charge is -2.22. The topological polar surface area (TPSA) is 47.3 Å². The summed E-state index contributed by atoms with van der Waals surface area (Å²) in [4.78, 5) is 0. The Bertz CT molecular complexity index is 553. The van der Waals surface area contributed by atoms with Crippen molar-refractivity contribution in [2.24, 2.45) is 0 Å². The first kappa shape index (κ1) is 12.5. The number of aromatic hydroxyl groups is 1. The van der Waals surface area contributed by atoms with Crippen LogP contribution in [0, 0.1) is 0 Å². The highest BCUT2D eigenvalue weighted by Crippen LogP contribution is 2.34. The van der Waals surface area contributed by atoms with Crippen molar-refractivity contribution in [3.05, 3.63) is 30.5 Å². The van der Waals surface area contributed by atoms with Gasteiger partial charge in [-0.3, -0.25) is 4.68 Å². The van der Waals surface area contributed by atoms with Gasteiger partial charge in [-0.25, -0.2) is 0 Å². The van der Waals surface area contributed by atoms with Gasteiger partial charge in [0.25, 0.3) is 0 Å². The largest absolute Gasteiger partial charge is 0.504 e. The summed E-state index contributed by atoms with van der Waals surface area (Å²) in [5.74, 6) is 0.937. The van der Waals surface area contributed by atoms with Gasteiger partial charge in [0.2, 0.25) is 0 Å². The van der Waals surface area contributed by atoms with Crippen LogP contribution in [0.1, 0.15) is 20.8 Å². The number of hydrogen-bond donors (Lipinski definition) is 1. The smallest absolute Gasteiger partial charge is 0.161 e. The number of rotatable bonds is 2. The fourth-order valence-electron chi connectivity index (χ4n) is 1.89. The van der Waals surface area contributed by atoms with Gasteiger partial charge in [-0.05, 0) is 32.9 Å². The molecule has 0 aliphatic rings. The molecule has 1 aromatic carbocycles. The highest BCUT2D eigenvalue weighted by atomic mass is 16.5. The molecule has 2 rings (SSSR count). The second kappa shape index (κ2) is 4.37. The van der Waals surface area contributed by atoms with Crippen LogP contribution in [0.2, 0.25) is 0 Å². The quantitative estimate of drug-likeness (QED) is 0.886. The summed E-state index contributed by atoms with van der Waals surface area (Å²) in [5.41, 5.74) is 1.40. The molecule has 4 nitrogen and oxygen atoms in total. The number of aromatic nitrogens is 2. The maximum Gasteiger partial charge on any atom is 0.161 e. The Labute approximate surface area is 107 Å². The van der Waals surface area contributed by atoms with E-state index < -0.39 is 0 Å². The van der Waals surface area contributed by atoms with Crippen molar-refractivity contribution in [1.82, 2.24) is 9.78 Å². The summed E-state index contributed by atoms with van der Waals surface area (Å²) in [6.45, 7) is 6.13. The van der Waals surface area contributed by atoms with Crippen molar-refractivity contribution in [3.8, 4) is 22.8 Å². The van der Waals surface area contributed by atoms with E-state index in [1.54, 1.807) is 7.11 Å². The standard InChI is InChI=1S/C14H18N2O2/c1-14(2,3)16-13(12(17)9-15-16)10-6-5-7-11(8-10)18-4/h5-9,17H,1-4H3. The van der Waals surface area contributed by atoms with Crippen LogP contribution in [-0.2, 0) is 5.54 Å². The van der Waals surface area contributed by atoms with Crippen LogP contribution in [0.4, 0.5) is 0 Å². The Morgan fingerprint density at radius 1 is 1.28 bits per heavy atom. The molecule has 96 valence electrons. The molecule has 1 aromatic heterocycles. The van der Waals surface area contributed by atoms with E-state index >= 15 is 0 Å². The molecule has 18 heavy (non-hydrogen) atoms. The number of methoxy groups -OCH3 is 1. The minimum Gasteiger partial charge on any atom is -0.504 e. The van der Waals surface area contributed by atoms with Gasteiger partial charge in [0.05, 0.1) is 18.8 Å². The molecule has 2 aromatic rings. The Kier molecular flexibility index (Phi) is 3.03. The number of benzene rings is 1. The molecular weight excluding hydrogens is 228 g/mol. The second-order valence-corrected chi connectivity index (χ2v) is 5.19. The van der Waals surface area contributed by atoms with Crippen LogP contribution in [0.25, 0.3) is 11.3 Å². The van der Waals surface area contributed by atoms with Crippen LogP contribution in [0.15, 0.2) is 30.5 Å². The molecule has 1 N–H and O–H groups in total. The first-order valence-electron chi connectivity index (χ1n) is 5.85. The average molecular weight is 246 g/mol. The molecule has 0 bridgehead atoms. The van der Waals surface area contributed by atoms with Crippen molar-refractivity contribution in [2.45, 2.75) is 26.3 Å². The molecular formula is C14H18N2O2. The zero-order chi connectivity index (χ0) is 13.3. The first-order chi connectivity index (χ1) is 8.43. The Morgan fingerprint density at radius 2 is 2.00 bits per heavy atom. The van der Waals surface area contributed by atoms with Gasteiger partial charge < -0.3 is 9.84 Å². The number of nitrogens with zero attached hydrogens (tertiary/aromatic N) is 2. The van der Waals surface area contributed by atoms with Gasteiger partial charge in [-0.1, -0.05) is 12.1 Å². The van der Waals surface area contributed by atoms with Crippen LogP contribution < -0.4 is 4.74 Å². The third kappa shape index (κ3) is 2.18. The number of hydrogen-bond acceptors (Lipinski definition) is 3. The van der Waals surface area contributed by atoms with Gasteiger partial charge in [0.15, 0.2) is 5.75 Å². The molecule has 0 radical (unpaired) electrons. The first-order valence-corrected chi connectivity index (χ1v) is 5.85. The fraction of sp³-hybridized carbons (Fsp3) is 0.357. The summed E-state index contributed by atoms with van der Waals surface area (Å²) in [6.07, 6.45) is 1.47. The third-order valence-electron chi connectivity index (χ3n) is 2.73. The lowest BCUT2D eigenvalue weighted by molar-refractivity contribution is 0.358. The van der Waals surface area contributed by atoms with Crippen molar-refractivity contribution in [1.29, 1.82) is 0 Å². The maximum atomic E-state index is 9.99. The van der Waals surface area contributed by atoms with E-state index in [0.29, 0.717) is 5.69 Å². The predicted octanol–water partition coefficient (Wildman–Crippen LogP) is 3.02. The van der Waals surface area contributed by atoms with E-state index in [4.69, 9.17) is 4.74 Å². The summed E-state index contributed by atoms with van der Waals surface area (Å²) in [5, 5.41) is 14.2. The minimum atomic E-state index is -0.195. The molecule has 0 unspecified atom stereocenters. The Balaban J connectivity index is 2.59. The zero-order valence-electron chi connectivity index (χ0n) is 11.1. The Hall–Kier alpha value is -1.97. The lowest BCUT2D eigenvalue weighted by atomic mass is 10.1. The average Bonchev–Trinajstić information content (AvgIpc) is 2.71. The summed E-state index contributed by atoms with van der Waals surface area (Å²) >= 11 is 0. The summed E-state index contributed by atoms with van der Waals surface area (Å²) in [6, 6.07) is 7.59. The van der Waals surface area contributed by atoms with Gasteiger partial charge in [0, 0.05) is 5.56 Å². The van der Waals surface area contributed by atoms with E-state index in [0.717, 1.165) is 11.3 Å². The monoisotopic (exact) mass is 246 g/mol. The highest BCUT2D eigenvalue weighted by Gasteiger charge is 2.22. The normalized spacial score (nSPS) is 11.6. The molecule has 0 saturated carbocycles. The van der Waals surface area contributed by atoms with Crippen molar-refractivity contribution < 1.29 is 9.84 Å². The molecule has 0 spiro atoms. The summed E-state index contributed by atoms with van der Waals surface area (Å²) in [7, 11) is 1.63. The second-order valence-electron chi connectivity index (χ2n) is 5.19. The van der Waals surface area contributed by atoms with Crippen LogP contribution in [0.5, 0.6) is 11.5 Å². The van der Waals surface area contributed by atoms with Crippen molar-refractivity contribution in [3.63, 3.8) is 0 Å². The van der Waals surface area contributed by atoms with Gasteiger partial charge in [-0.2, -0.15) is 5.10 Å². The van der Waals surface area contributed by atoms with Gasteiger partial charge in [0.1, 0.15) is 11.4 Å². The summed E-state index contributed by atoms with van der Waals surface area (Å²) < 4.78 is 7.02. The SMILES string of the molecule is COc1cccc(-c2c(O)cnn2C(C)(C)C)c1. The zero-order valence-corrected chi connectivity index (χ0v) is 11.1. The Morgan fingerprint density at radius 3 is 2.61 bits per heavy atom. The van der Waals surface area contributed by atoms with E-state index in [-0.39, 0.29) is 11.3 Å². The van der Waals surface area contributed by atoms with E-state index in [1.165, 1.54) is 6.20 Å². The van der Waals surface area contributed by atoms with Crippen LogP contribution in [0.3, 0.4) is 0 Å². The minimum absolute atomic E-state index is 0.179. The number of ether oxygens (including phenoxy) is 1. The van der Waals surface area contributed by atoms with Crippen LogP contribution >= 0.6 is 0 Å². The van der Waals surface area contributed by atoms with Crippen molar-refractivity contribution >= 4 is 0 Å². The van der Waals surface area contributed by atoms with E-state index in [1.807, 2.05) is 49.7 Å². The third-order valence-corrected chi connectivity index (χ3v) is 2.73. The molecule has 4 heteroatoms. The molecule has 0 fully saturated rings. The van der Waals surface area contributed by atoms with Gasteiger partial charge >= 0.3 is 0 Å². The van der Waals surface area contributed by atoms with Gasteiger partial charge in [-0.15, -0.1) is 0 Å². The van der Waals surface area contributed by atoms with E-state index in [2.05, 4.69) is 5.10 Å². The fourth-order valence-corrected chi connectivity index (χ4v) is 1.89. The molecule has 0 saturated heterocycles. The molecule has 0 aliphatic heterocycles.